The molecule has 1 aliphatic heterocycles. The maximum atomic E-state index is 12.2. The maximum Gasteiger partial charge on any atom is 0.164 e. The van der Waals surface area contributed by atoms with Crippen LogP contribution in [0, 0.1) is 5.92 Å². The van der Waals surface area contributed by atoms with Crippen LogP contribution in [0.1, 0.15) is 43.0 Å². The fourth-order valence-corrected chi connectivity index (χ4v) is 2.93. The van der Waals surface area contributed by atoms with Crippen LogP contribution in [0.3, 0.4) is 0 Å². The molecule has 2 atom stereocenters. The van der Waals surface area contributed by atoms with Crippen LogP contribution in [0.25, 0.3) is 0 Å². The second kappa shape index (κ2) is 6.74. The van der Waals surface area contributed by atoms with Crippen LogP contribution in [0.15, 0.2) is 18.2 Å². The highest BCUT2D eigenvalue weighted by atomic mass is 35.5. The summed E-state index contributed by atoms with van der Waals surface area (Å²) in [5.41, 5.74) is 0.648. The number of ketones is 1. The third-order valence-corrected chi connectivity index (χ3v) is 4.59. The molecule has 0 radical (unpaired) electrons. The van der Waals surface area contributed by atoms with Gasteiger partial charge in [0.2, 0.25) is 0 Å². The number of piperidine rings is 1. The van der Waals surface area contributed by atoms with E-state index in [-0.39, 0.29) is 5.78 Å². The topological polar surface area (TPSA) is 29.1 Å². The molecule has 19 heavy (non-hydrogen) atoms. The second-order valence-electron chi connectivity index (χ2n) is 5.21. The molecule has 1 aromatic carbocycles. The zero-order chi connectivity index (χ0) is 13.8. The zero-order valence-corrected chi connectivity index (χ0v) is 12.6. The molecule has 1 saturated heterocycles. The number of hydrogen-bond donors (Lipinski definition) is 1. The Morgan fingerprint density at radius 1 is 1.37 bits per heavy atom. The van der Waals surface area contributed by atoms with Gasteiger partial charge in [0.1, 0.15) is 0 Å². The van der Waals surface area contributed by atoms with Crippen LogP contribution in [0.2, 0.25) is 10.0 Å². The van der Waals surface area contributed by atoms with E-state index in [4.69, 9.17) is 23.2 Å². The van der Waals surface area contributed by atoms with Crippen molar-refractivity contribution in [2.75, 3.05) is 6.54 Å². The summed E-state index contributed by atoms with van der Waals surface area (Å²) in [6, 6.07) is 5.38. The monoisotopic (exact) mass is 299 g/mol. The van der Waals surface area contributed by atoms with E-state index in [1.165, 1.54) is 12.8 Å². The van der Waals surface area contributed by atoms with Crippen molar-refractivity contribution in [1.82, 2.24) is 5.32 Å². The standard InChI is InChI=1S/C15H19Cl2NO/c1-2-10-5-6-18-12(7-10)9-15(19)11-3-4-13(16)14(17)8-11/h3-4,8,10,12,18H,2,5-7,9H2,1H3. The lowest BCUT2D eigenvalue weighted by atomic mass is 9.87. The normalized spacial score (nSPS) is 23.3. The van der Waals surface area contributed by atoms with Gasteiger partial charge < -0.3 is 5.32 Å². The fraction of sp³-hybridized carbons (Fsp3) is 0.533. The lowest BCUT2D eigenvalue weighted by molar-refractivity contribution is 0.0957. The minimum absolute atomic E-state index is 0.132. The molecule has 2 nitrogen and oxygen atoms in total. The van der Waals surface area contributed by atoms with E-state index in [1.807, 2.05) is 0 Å². The third-order valence-electron chi connectivity index (χ3n) is 3.85. The highest BCUT2D eigenvalue weighted by Crippen LogP contribution is 2.25. The molecule has 0 aromatic heterocycles. The lowest BCUT2D eigenvalue weighted by Gasteiger charge is -2.29. The molecule has 0 amide bonds. The summed E-state index contributed by atoms with van der Waals surface area (Å²) in [5.74, 6) is 0.876. The number of rotatable bonds is 4. The van der Waals surface area contributed by atoms with Crippen molar-refractivity contribution in [2.45, 2.75) is 38.6 Å². The van der Waals surface area contributed by atoms with E-state index < -0.39 is 0 Å². The van der Waals surface area contributed by atoms with Crippen LogP contribution in [-0.4, -0.2) is 18.4 Å². The molecule has 1 aromatic rings. The molecule has 4 heteroatoms. The van der Waals surface area contributed by atoms with Crippen molar-refractivity contribution in [1.29, 1.82) is 0 Å². The summed E-state index contributed by atoms with van der Waals surface area (Å²) < 4.78 is 0. The highest BCUT2D eigenvalue weighted by Gasteiger charge is 2.22. The molecule has 104 valence electrons. The number of benzene rings is 1. The van der Waals surface area contributed by atoms with Gasteiger partial charge in [-0.3, -0.25) is 4.79 Å². The Kier molecular flexibility index (Phi) is 5.26. The second-order valence-corrected chi connectivity index (χ2v) is 6.02. The van der Waals surface area contributed by atoms with Crippen LogP contribution in [0.4, 0.5) is 0 Å². The summed E-state index contributed by atoms with van der Waals surface area (Å²) >= 11 is 11.8. The van der Waals surface area contributed by atoms with Crippen molar-refractivity contribution < 1.29 is 4.79 Å². The number of carbonyl (C=O) groups excluding carboxylic acids is 1. The van der Waals surface area contributed by atoms with Crippen molar-refractivity contribution in [2.24, 2.45) is 5.92 Å². The molecule has 1 aliphatic rings. The van der Waals surface area contributed by atoms with E-state index in [0.717, 1.165) is 18.9 Å². The Balaban J connectivity index is 1.98. The van der Waals surface area contributed by atoms with Gasteiger partial charge in [-0.25, -0.2) is 0 Å². The SMILES string of the molecule is CCC1CCNC(CC(=O)c2ccc(Cl)c(Cl)c2)C1. The molecule has 2 rings (SSSR count). The molecule has 0 bridgehead atoms. The van der Waals surface area contributed by atoms with E-state index in [9.17, 15) is 4.79 Å². The van der Waals surface area contributed by atoms with Gasteiger partial charge in [0.25, 0.3) is 0 Å². The molecule has 0 aliphatic carbocycles. The molecular weight excluding hydrogens is 281 g/mol. The van der Waals surface area contributed by atoms with Crippen molar-refractivity contribution >= 4 is 29.0 Å². The van der Waals surface area contributed by atoms with Gasteiger partial charge in [0.15, 0.2) is 5.78 Å². The Labute approximate surface area is 124 Å². The first-order valence-corrected chi connectivity index (χ1v) is 7.57. The van der Waals surface area contributed by atoms with Crippen LogP contribution in [-0.2, 0) is 0 Å². The highest BCUT2D eigenvalue weighted by molar-refractivity contribution is 6.42. The van der Waals surface area contributed by atoms with Crippen molar-refractivity contribution in [3.63, 3.8) is 0 Å². The van der Waals surface area contributed by atoms with E-state index in [1.54, 1.807) is 18.2 Å². The number of nitrogens with one attached hydrogen (secondary N) is 1. The van der Waals surface area contributed by atoms with Gasteiger partial charge in [0, 0.05) is 18.0 Å². The summed E-state index contributed by atoms with van der Waals surface area (Å²) in [5, 5.41) is 4.36. The van der Waals surface area contributed by atoms with Gasteiger partial charge in [-0.05, 0) is 43.5 Å². The number of hydrogen-bond acceptors (Lipinski definition) is 2. The first-order chi connectivity index (χ1) is 9.10. The Hall–Kier alpha value is -0.570. The number of halogens is 2. The molecule has 1 N–H and O–H groups in total. The van der Waals surface area contributed by atoms with E-state index in [2.05, 4.69) is 12.2 Å². The minimum Gasteiger partial charge on any atom is -0.314 e. The molecule has 1 heterocycles. The number of Topliss-reactive ketones (excluding diaryl/α,β-unsaturated/α-hetero) is 1. The van der Waals surface area contributed by atoms with Crippen molar-refractivity contribution in [3.8, 4) is 0 Å². The maximum absolute atomic E-state index is 12.2. The molecule has 0 spiro atoms. The van der Waals surface area contributed by atoms with E-state index >= 15 is 0 Å². The summed E-state index contributed by atoms with van der Waals surface area (Å²) in [6.45, 7) is 3.23. The van der Waals surface area contributed by atoms with Gasteiger partial charge in [-0.2, -0.15) is 0 Å². The molecule has 1 fully saturated rings. The van der Waals surface area contributed by atoms with Gasteiger partial charge >= 0.3 is 0 Å². The van der Waals surface area contributed by atoms with Crippen LogP contribution in [0.5, 0.6) is 0 Å². The van der Waals surface area contributed by atoms with Gasteiger partial charge in [0.05, 0.1) is 10.0 Å². The van der Waals surface area contributed by atoms with Gasteiger partial charge in [-0.15, -0.1) is 0 Å². The summed E-state index contributed by atoms with van der Waals surface area (Å²) in [7, 11) is 0. The Morgan fingerprint density at radius 2 is 2.16 bits per heavy atom. The first kappa shape index (κ1) is 14.8. The smallest absolute Gasteiger partial charge is 0.164 e. The average molecular weight is 300 g/mol. The van der Waals surface area contributed by atoms with E-state index in [0.29, 0.717) is 28.1 Å². The largest absolute Gasteiger partial charge is 0.314 e. The predicted molar refractivity (Wildman–Crippen MR) is 80.2 cm³/mol. The van der Waals surface area contributed by atoms with Crippen LogP contribution < -0.4 is 5.32 Å². The molecule has 0 saturated carbocycles. The third kappa shape index (κ3) is 3.95. The Morgan fingerprint density at radius 3 is 2.84 bits per heavy atom. The van der Waals surface area contributed by atoms with Crippen molar-refractivity contribution in [3.05, 3.63) is 33.8 Å². The quantitative estimate of drug-likeness (QED) is 0.838. The lowest BCUT2D eigenvalue weighted by Crippen LogP contribution is -2.39. The molecule has 2 unspecified atom stereocenters. The first-order valence-electron chi connectivity index (χ1n) is 6.81. The average Bonchev–Trinajstić information content (AvgIpc) is 2.42. The number of carbonyl (C=O) groups is 1. The summed E-state index contributed by atoms with van der Waals surface area (Å²) in [6.07, 6.45) is 4.03. The minimum atomic E-state index is 0.132. The fourth-order valence-electron chi connectivity index (χ4n) is 2.63. The molecular formula is C15H19Cl2NO. The zero-order valence-electron chi connectivity index (χ0n) is 11.1. The Bertz CT molecular complexity index is 461. The van der Waals surface area contributed by atoms with Crippen LogP contribution >= 0.6 is 23.2 Å². The van der Waals surface area contributed by atoms with Gasteiger partial charge in [-0.1, -0.05) is 36.5 Å². The predicted octanol–water partition coefficient (Wildman–Crippen LogP) is 4.34. The summed E-state index contributed by atoms with van der Waals surface area (Å²) in [4.78, 5) is 12.2.